The Morgan fingerprint density at radius 1 is 1.44 bits per heavy atom. The van der Waals surface area contributed by atoms with E-state index in [1.165, 1.54) is 22.0 Å². The zero-order valence-electron chi connectivity index (χ0n) is 20.0. The van der Waals surface area contributed by atoms with Crippen LogP contribution in [0.2, 0.25) is 0 Å². The highest BCUT2D eigenvalue weighted by molar-refractivity contribution is 8.00. The van der Waals surface area contributed by atoms with Crippen molar-refractivity contribution in [1.29, 1.82) is 5.26 Å². The molecule has 4 N–H and O–H groups in total. The molecule has 0 unspecified atom stereocenters. The molecule has 5 heterocycles. The molecule has 2 atom stereocenters. The van der Waals surface area contributed by atoms with Gasteiger partial charge in [-0.25, -0.2) is 18.7 Å². The maximum Gasteiger partial charge on any atom is 0.352 e. The number of thiazole rings is 1. The number of carbonyl (C=O) groups is 3. The summed E-state index contributed by atoms with van der Waals surface area (Å²) in [6, 6.07) is 4.55. The molecule has 13 nitrogen and oxygen atoms in total. The lowest BCUT2D eigenvalue weighted by Crippen LogP contribution is -2.71. The van der Waals surface area contributed by atoms with E-state index in [-0.39, 0.29) is 41.3 Å². The van der Waals surface area contributed by atoms with Crippen LogP contribution >= 0.6 is 34.7 Å². The molecule has 0 bridgehead atoms. The number of nitrogens with zero attached hydrogens (tertiary/aromatic N) is 6. The van der Waals surface area contributed by atoms with Crippen molar-refractivity contribution in [2.24, 2.45) is 5.16 Å². The van der Waals surface area contributed by atoms with Gasteiger partial charge in [-0.2, -0.15) is 5.26 Å². The largest absolute Gasteiger partial charge is 0.477 e. The molecule has 200 valence electrons. The molecule has 5 rings (SSSR count). The number of pyridine rings is 1. The minimum Gasteiger partial charge on any atom is -0.477 e. The highest BCUT2D eigenvalue weighted by atomic mass is 35.5. The van der Waals surface area contributed by atoms with Crippen molar-refractivity contribution in [2.75, 3.05) is 24.0 Å². The normalized spacial score (nSPS) is 18.9. The SMILES string of the molecule is N#Cc1ccc2n(cc[n+]2CC2=C(C(=O)O)N3C(=O)[C@@H](NC(=O)/C(=N\OCCCl)c4csc(N)n4)[C@@H]3SC2)c1. The van der Waals surface area contributed by atoms with E-state index in [4.69, 9.17) is 27.4 Å². The minimum absolute atomic E-state index is 0.0524. The second-order valence-electron chi connectivity index (χ2n) is 8.37. The van der Waals surface area contributed by atoms with Crippen LogP contribution in [0.3, 0.4) is 0 Å². The molecule has 3 aromatic rings. The summed E-state index contributed by atoms with van der Waals surface area (Å²) in [6.07, 6.45) is 5.22. The van der Waals surface area contributed by atoms with E-state index in [2.05, 4.69) is 21.5 Å². The number of hydrogen-bond donors (Lipinski definition) is 3. The van der Waals surface area contributed by atoms with Crippen LogP contribution < -0.4 is 15.6 Å². The number of imidazole rings is 1. The van der Waals surface area contributed by atoms with Gasteiger partial charge in [0.05, 0.1) is 11.4 Å². The number of amides is 2. The molecule has 0 aliphatic carbocycles. The molecule has 16 heteroatoms. The Morgan fingerprint density at radius 2 is 2.26 bits per heavy atom. The van der Waals surface area contributed by atoms with Gasteiger partial charge in [0.2, 0.25) is 0 Å². The first-order chi connectivity index (χ1) is 18.8. The number of nitrogen functional groups attached to an aromatic ring is 1. The summed E-state index contributed by atoms with van der Waals surface area (Å²) in [4.78, 5) is 48.8. The molecule has 2 aliphatic heterocycles. The fourth-order valence-corrected chi connectivity index (χ4v) is 6.22. The monoisotopic (exact) mass is 587 g/mol. The van der Waals surface area contributed by atoms with Gasteiger partial charge in [0, 0.05) is 22.8 Å². The van der Waals surface area contributed by atoms with Crippen molar-refractivity contribution in [1.82, 2.24) is 19.6 Å². The maximum absolute atomic E-state index is 13.1. The number of anilines is 1. The molecule has 1 saturated heterocycles. The van der Waals surface area contributed by atoms with Crippen LogP contribution in [0.15, 0.2) is 52.5 Å². The topological polar surface area (TPSA) is 179 Å². The molecular formula is C23H20ClN8O5S2+. The summed E-state index contributed by atoms with van der Waals surface area (Å²) in [6.45, 7) is 0.279. The fraction of sp³-hybridized carbons (Fsp3) is 0.261. The molecular weight excluding hydrogens is 568 g/mol. The van der Waals surface area contributed by atoms with Gasteiger partial charge in [0.15, 0.2) is 10.8 Å². The van der Waals surface area contributed by atoms with Crippen molar-refractivity contribution < 1.29 is 28.9 Å². The fourth-order valence-electron chi connectivity index (χ4n) is 4.27. The van der Waals surface area contributed by atoms with Gasteiger partial charge in [0.1, 0.15) is 60.6 Å². The smallest absolute Gasteiger partial charge is 0.352 e. The first kappa shape index (κ1) is 26.5. The lowest BCUT2D eigenvalue weighted by Gasteiger charge is -2.49. The number of hydrogen-bond acceptors (Lipinski definition) is 10. The number of nitrogens with two attached hydrogens (primary N) is 1. The first-order valence-electron chi connectivity index (χ1n) is 11.4. The zero-order valence-corrected chi connectivity index (χ0v) is 22.4. The predicted octanol–water partition coefficient (Wildman–Crippen LogP) is 0.535. The third-order valence-corrected chi connectivity index (χ3v) is 8.15. The van der Waals surface area contributed by atoms with Crippen molar-refractivity contribution in [3.8, 4) is 6.07 Å². The van der Waals surface area contributed by atoms with Crippen molar-refractivity contribution in [3.63, 3.8) is 0 Å². The number of oxime groups is 1. The van der Waals surface area contributed by atoms with Gasteiger partial charge in [-0.1, -0.05) is 5.16 Å². The van der Waals surface area contributed by atoms with Crippen LogP contribution in [0.5, 0.6) is 0 Å². The summed E-state index contributed by atoms with van der Waals surface area (Å²) in [7, 11) is 0. The average Bonchev–Trinajstić information content (AvgIpc) is 3.54. The number of alkyl halides is 1. The van der Waals surface area contributed by atoms with Gasteiger partial charge in [-0.15, -0.1) is 34.7 Å². The first-order valence-corrected chi connectivity index (χ1v) is 13.9. The molecule has 1 fully saturated rings. The maximum atomic E-state index is 13.1. The standard InChI is InChI=1S/C23H19ClN8O5S2/c24-3-6-37-29-16(14-11-39-23(26)27-14)19(33)28-17-20(34)32-18(22(35)36)13(10-38-21(17)32)9-31-5-4-30-8-12(7-25)1-2-15(30)31/h1-2,4-5,8,11,17,21H,3,6,9-10H2,(H3-,26,27,28,33,35,36)/p+1/b29-16-/t17-,21+/m1/s1. The lowest BCUT2D eigenvalue weighted by atomic mass is 10.0. The summed E-state index contributed by atoms with van der Waals surface area (Å²) in [5.74, 6) is -2.03. The molecule has 0 aromatic carbocycles. The highest BCUT2D eigenvalue weighted by Crippen LogP contribution is 2.40. The third kappa shape index (κ3) is 5.01. The molecule has 2 amide bonds. The Balaban J connectivity index is 1.36. The third-order valence-electron chi connectivity index (χ3n) is 5.99. The van der Waals surface area contributed by atoms with E-state index in [0.29, 0.717) is 16.9 Å². The van der Waals surface area contributed by atoms with Crippen molar-refractivity contribution in [3.05, 3.63) is 58.6 Å². The van der Waals surface area contributed by atoms with Crippen molar-refractivity contribution >= 4 is 69.0 Å². The van der Waals surface area contributed by atoms with Crippen LogP contribution in [0, 0.1) is 11.3 Å². The molecule has 39 heavy (non-hydrogen) atoms. The Bertz CT molecular complexity index is 1590. The van der Waals surface area contributed by atoms with E-state index >= 15 is 0 Å². The minimum atomic E-state index is -1.24. The predicted molar refractivity (Wildman–Crippen MR) is 142 cm³/mol. The molecule has 3 aromatic heterocycles. The van der Waals surface area contributed by atoms with Crippen LogP contribution in [0.25, 0.3) is 5.65 Å². The summed E-state index contributed by atoms with van der Waals surface area (Å²) >= 11 is 8.07. The lowest BCUT2D eigenvalue weighted by molar-refractivity contribution is -0.662. The number of aliphatic carboxylic acids is 1. The average molecular weight is 588 g/mol. The summed E-state index contributed by atoms with van der Waals surface area (Å²) < 4.78 is 3.61. The van der Waals surface area contributed by atoms with Gasteiger partial charge in [0.25, 0.3) is 17.5 Å². The summed E-state index contributed by atoms with van der Waals surface area (Å²) in [5, 5.41) is 26.7. The molecule has 2 aliphatic rings. The van der Waals surface area contributed by atoms with Crippen LogP contribution in [-0.4, -0.2) is 72.5 Å². The molecule has 0 saturated carbocycles. The Hall–Kier alpha value is -4.13. The van der Waals surface area contributed by atoms with E-state index in [9.17, 15) is 19.5 Å². The molecule has 0 spiro atoms. The second-order valence-corrected chi connectivity index (χ2v) is 10.7. The Morgan fingerprint density at radius 3 is 2.95 bits per heavy atom. The van der Waals surface area contributed by atoms with E-state index in [1.54, 1.807) is 35.1 Å². The van der Waals surface area contributed by atoms with Gasteiger partial charge in [-0.3, -0.25) is 14.5 Å². The number of fused-ring (bicyclic) bond motifs is 2. The number of carboxylic acid groups (broad SMARTS) is 1. The number of thioether (sulfide) groups is 1. The van der Waals surface area contributed by atoms with E-state index < -0.39 is 29.2 Å². The van der Waals surface area contributed by atoms with Crippen LogP contribution in [0.1, 0.15) is 11.3 Å². The number of β-lactam (4-membered cyclic amide) rings is 1. The van der Waals surface area contributed by atoms with Gasteiger partial charge >= 0.3 is 5.97 Å². The Kier molecular flexibility index (Phi) is 7.42. The zero-order chi connectivity index (χ0) is 27.7. The van der Waals surface area contributed by atoms with Gasteiger partial charge in [-0.05, 0) is 6.07 Å². The van der Waals surface area contributed by atoms with Crippen LogP contribution in [0.4, 0.5) is 5.13 Å². The highest BCUT2D eigenvalue weighted by Gasteiger charge is 2.54. The summed E-state index contributed by atoms with van der Waals surface area (Å²) in [5.41, 5.74) is 7.36. The van der Waals surface area contributed by atoms with Crippen molar-refractivity contribution in [2.45, 2.75) is 18.0 Å². The number of rotatable bonds is 9. The quantitative estimate of drug-likeness (QED) is 0.0804. The number of aromatic nitrogens is 3. The van der Waals surface area contributed by atoms with Crippen LogP contribution in [-0.2, 0) is 25.8 Å². The Labute approximate surface area is 234 Å². The number of nitrogens with one attached hydrogen (secondary N) is 1. The van der Waals surface area contributed by atoms with E-state index in [0.717, 1.165) is 17.0 Å². The number of carbonyl (C=O) groups excluding carboxylic acids is 2. The number of nitriles is 1. The van der Waals surface area contributed by atoms with Gasteiger partial charge < -0.3 is 21.0 Å². The molecule has 0 radical (unpaired) electrons. The second kappa shape index (κ2) is 10.9. The number of carboxylic acids is 1. The van der Waals surface area contributed by atoms with E-state index in [1.807, 2.05) is 4.57 Å². The number of halogens is 1.